The number of rotatable bonds is 8. The Balaban J connectivity index is 3.29. The Labute approximate surface area is 88.8 Å². The molecule has 0 aromatic carbocycles. The number of hydrogen-bond acceptors (Lipinski definition) is 1. The number of unbranched alkanes of at least 4 members (excludes halogenated alkanes) is 2. The van der Waals surface area contributed by atoms with E-state index >= 15 is 0 Å². The summed E-state index contributed by atoms with van der Waals surface area (Å²) in [6.07, 6.45) is 5.96. The molecule has 0 unspecified atom stereocenters. The number of hydrogen-bond donors (Lipinski definition) is 1. The fourth-order valence-electron chi connectivity index (χ4n) is 1.00. The van der Waals surface area contributed by atoms with E-state index in [4.69, 9.17) is 5.11 Å². The van der Waals surface area contributed by atoms with E-state index in [-0.39, 0.29) is 0 Å². The van der Waals surface area contributed by atoms with Gasteiger partial charge >= 0.3 is 88.5 Å². The fourth-order valence-corrected chi connectivity index (χ4v) is 3.05. The molecule has 0 atom stereocenters. The number of aliphatic hydroxyl groups is 1. The fraction of sp³-hybridized carbons (Fsp3) is 0.818. The van der Waals surface area contributed by atoms with Gasteiger partial charge in [0.15, 0.2) is 0 Å². The van der Waals surface area contributed by atoms with E-state index in [9.17, 15) is 0 Å². The van der Waals surface area contributed by atoms with Crippen LogP contribution < -0.4 is 0 Å². The van der Waals surface area contributed by atoms with Gasteiger partial charge in [0, 0.05) is 0 Å². The van der Waals surface area contributed by atoms with Crippen LogP contribution in [0.2, 0.25) is 5.32 Å². The van der Waals surface area contributed by atoms with Gasteiger partial charge in [0.25, 0.3) is 0 Å². The van der Waals surface area contributed by atoms with E-state index < -0.39 is 0 Å². The van der Waals surface area contributed by atoms with Crippen LogP contribution in [0.4, 0.5) is 0 Å². The number of aliphatic hydroxyl groups excluding tert-OH is 1. The van der Waals surface area contributed by atoms with Gasteiger partial charge in [-0.3, -0.25) is 0 Å². The predicted molar refractivity (Wildman–Crippen MR) is 60.2 cm³/mol. The van der Waals surface area contributed by atoms with Crippen molar-refractivity contribution in [3.8, 4) is 0 Å². The van der Waals surface area contributed by atoms with Gasteiger partial charge in [-0.1, -0.05) is 0 Å². The third kappa shape index (κ3) is 10.1. The first-order valence-electron chi connectivity index (χ1n) is 5.19. The molecule has 0 heterocycles. The standard InChI is InChI=1S/C11H22OSe/c1-3-4-9-13-10-11(2)7-5-6-8-12/h10,12H,3-9H2,1-2H3/b11-10+. The Bertz CT molecular complexity index is 132. The third-order valence-electron chi connectivity index (χ3n) is 1.88. The molecule has 78 valence electrons. The average molecular weight is 249 g/mol. The van der Waals surface area contributed by atoms with Gasteiger partial charge in [-0.15, -0.1) is 0 Å². The first kappa shape index (κ1) is 13.2. The maximum absolute atomic E-state index is 8.61. The number of allylic oxidation sites excluding steroid dienone is 1. The van der Waals surface area contributed by atoms with Crippen LogP contribution in [0.1, 0.15) is 46.0 Å². The molecule has 0 aromatic heterocycles. The summed E-state index contributed by atoms with van der Waals surface area (Å²) in [6, 6.07) is 0. The summed E-state index contributed by atoms with van der Waals surface area (Å²) in [6.45, 7) is 4.80. The quantitative estimate of drug-likeness (QED) is 0.518. The molecule has 0 aliphatic heterocycles. The van der Waals surface area contributed by atoms with Crippen molar-refractivity contribution in [2.45, 2.75) is 51.3 Å². The van der Waals surface area contributed by atoms with E-state index in [1.54, 1.807) is 0 Å². The monoisotopic (exact) mass is 250 g/mol. The van der Waals surface area contributed by atoms with E-state index in [0.717, 1.165) is 27.8 Å². The molecule has 0 radical (unpaired) electrons. The summed E-state index contributed by atoms with van der Waals surface area (Å²) >= 11 is 0.722. The molecule has 2 heteroatoms. The normalized spacial score (nSPS) is 12.1. The van der Waals surface area contributed by atoms with Gasteiger partial charge in [0.05, 0.1) is 0 Å². The van der Waals surface area contributed by atoms with Crippen molar-refractivity contribution >= 4 is 15.0 Å². The van der Waals surface area contributed by atoms with Gasteiger partial charge in [0.2, 0.25) is 0 Å². The van der Waals surface area contributed by atoms with Crippen LogP contribution in [0.25, 0.3) is 0 Å². The van der Waals surface area contributed by atoms with Gasteiger partial charge in [0.1, 0.15) is 0 Å². The van der Waals surface area contributed by atoms with Crippen LogP contribution in [0.5, 0.6) is 0 Å². The van der Waals surface area contributed by atoms with Crippen LogP contribution in [-0.2, 0) is 0 Å². The first-order valence-corrected chi connectivity index (χ1v) is 7.39. The molecule has 0 rings (SSSR count). The molecule has 13 heavy (non-hydrogen) atoms. The molecule has 0 aromatic rings. The van der Waals surface area contributed by atoms with Crippen molar-refractivity contribution in [2.24, 2.45) is 0 Å². The van der Waals surface area contributed by atoms with E-state index in [2.05, 4.69) is 18.8 Å². The Morgan fingerprint density at radius 1 is 1.31 bits per heavy atom. The Kier molecular flexibility index (Phi) is 10.5. The summed E-state index contributed by atoms with van der Waals surface area (Å²) in [5.74, 6) is 0. The van der Waals surface area contributed by atoms with E-state index in [1.165, 1.54) is 30.2 Å². The zero-order chi connectivity index (χ0) is 9.94. The molecule has 0 bridgehead atoms. The van der Waals surface area contributed by atoms with Crippen molar-refractivity contribution in [3.05, 3.63) is 10.5 Å². The second-order valence-corrected chi connectivity index (χ2v) is 5.42. The van der Waals surface area contributed by atoms with Crippen LogP contribution in [-0.4, -0.2) is 26.7 Å². The van der Waals surface area contributed by atoms with Crippen LogP contribution in [0.3, 0.4) is 0 Å². The molecular weight excluding hydrogens is 227 g/mol. The summed E-state index contributed by atoms with van der Waals surface area (Å²) in [5.41, 5.74) is 1.52. The predicted octanol–water partition coefficient (Wildman–Crippen LogP) is 2.98. The summed E-state index contributed by atoms with van der Waals surface area (Å²) in [5, 5.41) is 10.00. The van der Waals surface area contributed by atoms with Crippen LogP contribution >= 0.6 is 0 Å². The van der Waals surface area contributed by atoms with Crippen molar-refractivity contribution in [1.29, 1.82) is 0 Å². The molecule has 1 nitrogen and oxygen atoms in total. The van der Waals surface area contributed by atoms with Gasteiger partial charge < -0.3 is 0 Å². The summed E-state index contributed by atoms with van der Waals surface area (Å²) < 4.78 is 0. The molecule has 0 saturated carbocycles. The minimum absolute atomic E-state index is 0.342. The average Bonchev–Trinajstić information content (AvgIpc) is 2.13. The molecule has 0 amide bonds. The second-order valence-electron chi connectivity index (χ2n) is 3.37. The minimum atomic E-state index is 0.342. The molecular formula is C11H22OSe. The van der Waals surface area contributed by atoms with Crippen molar-refractivity contribution in [2.75, 3.05) is 6.61 Å². The van der Waals surface area contributed by atoms with E-state index in [1.807, 2.05) is 0 Å². The van der Waals surface area contributed by atoms with Crippen molar-refractivity contribution < 1.29 is 5.11 Å². The molecule has 0 saturated heterocycles. The Morgan fingerprint density at radius 2 is 2.08 bits per heavy atom. The van der Waals surface area contributed by atoms with Gasteiger partial charge in [-0.25, -0.2) is 0 Å². The third-order valence-corrected chi connectivity index (χ3v) is 4.17. The van der Waals surface area contributed by atoms with E-state index in [0.29, 0.717) is 6.61 Å². The first-order chi connectivity index (χ1) is 6.31. The second kappa shape index (κ2) is 10.3. The molecule has 0 aliphatic rings. The Morgan fingerprint density at radius 3 is 2.69 bits per heavy atom. The van der Waals surface area contributed by atoms with Gasteiger partial charge in [-0.05, 0) is 0 Å². The molecule has 0 aliphatic carbocycles. The zero-order valence-corrected chi connectivity index (χ0v) is 10.6. The summed E-state index contributed by atoms with van der Waals surface area (Å²) in [7, 11) is 0. The maximum atomic E-state index is 8.61. The van der Waals surface area contributed by atoms with Crippen LogP contribution in [0.15, 0.2) is 10.5 Å². The van der Waals surface area contributed by atoms with Crippen molar-refractivity contribution in [3.63, 3.8) is 0 Å². The topological polar surface area (TPSA) is 20.2 Å². The van der Waals surface area contributed by atoms with Gasteiger partial charge in [-0.2, -0.15) is 0 Å². The SMILES string of the molecule is CCCC[Se]/C=C(\C)CCCCO. The Hall–Kier alpha value is 0.219. The molecule has 1 N–H and O–H groups in total. The molecule has 0 spiro atoms. The zero-order valence-electron chi connectivity index (χ0n) is 8.88. The van der Waals surface area contributed by atoms with Crippen LogP contribution in [0, 0.1) is 0 Å². The summed E-state index contributed by atoms with van der Waals surface area (Å²) in [4.78, 5) is 2.42. The van der Waals surface area contributed by atoms with Crippen molar-refractivity contribution in [1.82, 2.24) is 0 Å². The molecule has 0 fully saturated rings.